The van der Waals surface area contributed by atoms with Crippen molar-refractivity contribution in [2.75, 3.05) is 37.6 Å². The summed E-state index contributed by atoms with van der Waals surface area (Å²) in [4.78, 5) is 21.1. The molecular weight excluding hydrogens is 264 g/mol. The summed E-state index contributed by atoms with van der Waals surface area (Å²) in [6, 6.07) is 2.16. The quantitative estimate of drug-likeness (QED) is 0.888. The lowest BCUT2D eigenvalue weighted by Crippen LogP contribution is -2.54. The maximum absolute atomic E-state index is 12.1. The van der Waals surface area contributed by atoms with E-state index >= 15 is 0 Å². The van der Waals surface area contributed by atoms with E-state index in [1.54, 1.807) is 0 Å². The van der Waals surface area contributed by atoms with Gasteiger partial charge in [-0.1, -0.05) is 0 Å². The van der Waals surface area contributed by atoms with Crippen LogP contribution in [0.4, 0.5) is 5.69 Å². The van der Waals surface area contributed by atoms with Gasteiger partial charge in [-0.2, -0.15) is 0 Å². The van der Waals surface area contributed by atoms with Gasteiger partial charge in [-0.25, -0.2) is 0 Å². The number of aromatic nitrogens is 1. The van der Waals surface area contributed by atoms with Crippen LogP contribution in [0.2, 0.25) is 0 Å². The predicted molar refractivity (Wildman–Crippen MR) is 83.4 cm³/mol. The third-order valence-electron chi connectivity index (χ3n) is 4.59. The third kappa shape index (κ3) is 3.18. The number of piperazine rings is 1. The molecule has 5 heteroatoms. The van der Waals surface area contributed by atoms with Gasteiger partial charge in [0.05, 0.1) is 6.04 Å². The molecule has 1 N–H and O–H groups in total. The number of anilines is 1. The molecular formula is C16H24N4O. The lowest BCUT2D eigenvalue weighted by molar-refractivity contribution is -0.126. The topological polar surface area (TPSA) is 48.5 Å². The van der Waals surface area contributed by atoms with Crippen LogP contribution in [0, 0.1) is 6.92 Å². The molecule has 0 radical (unpaired) electrons. The van der Waals surface area contributed by atoms with Gasteiger partial charge in [0.2, 0.25) is 5.91 Å². The number of pyridine rings is 1. The van der Waals surface area contributed by atoms with E-state index in [9.17, 15) is 4.79 Å². The minimum Gasteiger partial charge on any atom is -0.369 e. The van der Waals surface area contributed by atoms with Gasteiger partial charge in [0.25, 0.3) is 0 Å². The molecule has 1 aromatic heterocycles. The monoisotopic (exact) mass is 288 g/mol. The maximum Gasteiger partial charge on any atom is 0.237 e. The van der Waals surface area contributed by atoms with Crippen molar-refractivity contribution in [2.24, 2.45) is 0 Å². The molecule has 0 saturated carbocycles. The van der Waals surface area contributed by atoms with Gasteiger partial charge < -0.3 is 10.2 Å². The van der Waals surface area contributed by atoms with Gasteiger partial charge in [-0.15, -0.1) is 0 Å². The van der Waals surface area contributed by atoms with Crippen molar-refractivity contribution in [3.05, 3.63) is 24.0 Å². The fraction of sp³-hybridized carbons (Fsp3) is 0.625. The highest BCUT2D eigenvalue weighted by atomic mass is 16.2. The Balaban J connectivity index is 1.62. The maximum atomic E-state index is 12.1. The van der Waals surface area contributed by atoms with Gasteiger partial charge in [0.1, 0.15) is 0 Å². The Labute approximate surface area is 126 Å². The highest BCUT2D eigenvalue weighted by molar-refractivity contribution is 5.82. The summed E-state index contributed by atoms with van der Waals surface area (Å²) < 4.78 is 0. The van der Waals surface area contributed by atoms with E-state index in [1.165, 1.54) is 11.3 Å². The molecule has 1 aromatic rings. The molecule has 2 aliphatic rings. The molecule has 0 bridgehead atoms. The van der Waals surface area contributed by atoms with Crippen LogP contribution in [0.1, 0.15) is 24.8 Å². The number of rotatable bonds is 2. The zero-order valence-electron chi connectivity index (χ0n) is 12.7. The molecule has 2 saturated heterocycles. The molecule has 0 aromatic carbocycles. The van der Waals surface area contributed by atoms with E-state index in [2.05, 4.69) is 33.1 Å². The third-order valence-corrected chi connectivity index (χ3v) is 4.59. The Morgan fingerprint density at radius 1 is 1.24 bits per heavy atom. The Hall–Kier alpha value is -1.62. The average Bonchev–Trinajstić information content (AvgIpc) is 2.73. The number of carbonyl (C=O) groups is 1. The fourth-order valence-corrected chi connectivity index (χ4v) is 3.37. The van der Waals surface area contributed by atoms with Crippen molar-refractivity contribution in [3.8, 4) is 0 Å². The number of amides is 1. The molecule has 2 fully saturated rings. The van der Waals surface area contributed by atoms with Gasteiger partial charge in [-0.05, 0) is 37.8 Å². The molecule has 1 amide bonds. The van der Waals surface area contributed by atoms with Crippen LogP contribution in [0.5, 0.6) is 0 Å². The number of hydrogen-bond donors (Lipinski definition) is 1. The van der Waals surface area contributed by atoms with Crippen LogP contribution >= 0.6 is 0 Å². The lowest BCUT2D eigenvalue weighted by atomic mass is 10.1. The van der Waals surface area contributed by atoms with Gasteiger partial charge >= 0.3 is 0 Å². The van der Waals surface area contributed by atoms with Crippen molar-refractivity contribution in [1.29, 1.82) is 0 Å². The van der Waals surface area contributed by atoms with Crippen molar-refractivity contribution in [2.45, 2.75) is 32.2 Å². The summed E-state index contributed by atoms with van der Waals surface area (Å²) in [5.41, 5.74) is 2.49. The molecule has 0 aliphatic carbocycles. The summed E-state index contributed by atoms with van der Waals surface area (Å²) >= 11 is 0. The first kappa shape index (κ1) is 14.3. The van der Waals surface area contributed by atoms with Crippen LogP contribution in [0.3, 0.4) is 0 Å². The summed E-state index contributed by atoms with van der Waals surface area (Å²) in [7, 11) is 0. The Kier molecular flexibility index (Phi) is 4.39. The minimum absolute atomic E-state index is 0.0770. The number of nitrogens with zero attached hydrogens (tertiary/aromatic N) is 3. The van der Waals surface area contributed by atoms with Crippen LogP contribution < -0.4 is 10.2 Å². The van der Waals surface area contributed by atoms with Gasteiger partial charge in [0, 0.05) is 50.8 Å². The van der Waals surface area contributed by atoms with Crippen LogP contribution in [0.15, 0.2) is 18.5 Å². The van der Waals surface area contributed by atoms with Crippen LogP contribution in [-0.4, -0.2) is 54.6 Å². The molecule has 5 nitrogen and oxygen atoms in total. The summed E-state index contributed by atoms with van der Waals surface area (Å²) in [6.07, 6.45) is 7.03. The van der Waals surface area contributed by atoms with Crippen molar-refractivity contribution in [3.63, 3.8) is 0 Å². The molecule has 0 spiro atoms. The van der Waals surface area contributed by atoms with Gasteiger partial charge in [-0.3, -0.25) is 14.7 Å². The van der Waals surface area contributed by atoms with Crippen LogP contribution in [0.25, 0.3) is 0 Å². The van der Waals surface area contributed by atoms with E-state index in [0.717, 1.165) is 52.0 Å². The standard InChI is InChI=1S/C16H24N4O/c1-13-12-17-7-5-14(13)19-8-10-20(11-9-19)15-4-2-3-6-18-16(15)21/h5,7,12,15H,2-4,6,8-11H2,1H3,(H,18,21). The number of aryl methyl sites for hydroxylation is 1. The molecule has 3 heterocycles. The number of hydrogen-bond acceptors (Lipinski definition) is 4. The minimum atomic E-state index is 0.0770. The number of nitrogens with one attached hydrogen (secondary N) is 1. The molecule has 3 rings (SSSR count). The van der Waals surface area contributed by atoms with E-state index < -0.39 is 0 Å². The highest BCUT2D eigenvalue weighted by Crippen LogP contribution is 2.21. The first-order valence-electron chi connectivity index (χ1n) is 7.93. The average molecular weight is 288 g/mol. The largest absolute Gasteiger partial charge is 0.369 e. The van der Waals surface area contributed by atoms with Crippen molar-refractivity contribution >= 4 is 11.6 Å². The summed E-state index contributed by atoms with van der Waals surface area (Å²) in [6.45, 7) is 6.82. The fourth-order valence-electron chi connectivity index (χ4n) is 3.37. The molecule has 114 valence electrons. The van der Waals surface area contributed by atoms with E-state index in [1.807, 2.05) is 12.4 Å². The first-order chi connectivity index (χ1) is 10.3. The zero-order chi connectivity index (χ0) is 14.7. The van der Waals surface area contributed by atoms with E-state index in [0.29, 0.717) is 0 Å². The molecule has 2 aliphatic heterocycles. The van der Waals surface area contributed by atoms with Crippen molar-refractivity contribution < 1.29 is 4.79 Å². The first-order valence-corrected chi connectivity index (χ1v) is 7.93. The SMILES string of the molecule is Cc1cnccc1N1CCN(C2CCCCNC2=O)CC1. The molecule has 1 unspecified atom stereocenters. The zero-order valence-corrected chi connectivity index (χ0v) is 12.7. The Morgan fingerprint density at radius 2 is 2.05 bits per heavy atom. The smallest absolute Gasteiger partial charge is 0.237 e. The number of carbonyl (C=O) groups excluding carboxylic acids is 1. The van der Waals surface area contributed by atoms with E-state index in [4.69, 9.17) is 0 Å². The Morgan fingerprint density at radius 3 is 2.81 bits per heavy atom. The summed E-state index contributed by atoms with van der Waals surface area (Å²) in [5.74, 6) is 0.223. The normalized spacial score (nSPS) is 24.5. The second-order valence-corrected chi connectivity index (χ2v) is 5.99. The predicted octanol–water partition coefficient (Wildman–Crippen LogP) is 1.18. The lowest BCUT2D eigenvalue weighted by Gasteiger charge is -2.39. The second kappa shape index (κ2) is 6.43. The van der Waals surface area contributed by atoms with Crippen molar-refractivity contribution in [1.82, 2.24) is 15.2 Å². The summed E-state index contributed by atoms with van der Waals surface area (Å²) in [5, 5.41) is 3.04. The second-order valence-electron chi connectivity index (χ2n) is 5.99. The van der Waals surface area contributed by atoms with E-state index in [-0.39, 0.29) is 11.9 Å². The molecule has 21 heavy (non-hydrogen) atoms. The highest BCUT2D eigenvalue weighted by Gasteiger charge is 2.30. The molecule has 1 atom stereocenters. The Bertz CT molecular complexity index is 497. The van der Waals surface area contributed by atoms with Crippen LogP contribution in [-0.2, 0) is 4.79 Å². The van der Waals surface area contributed by atoms with Gasteiger partial charge in [0.15, 0.2) is 0 Å².